The highest BCUT2D eigenvalue weighted by molar-refractivity contribution is 7.09. The molecule has 2 heterocycles. The number of aryl methyl sites for hydroxylation is 2. The van der Waals surface area contributed by atoms with Gasteiger partial charge in [0.1, 0.15) is 5.01 Å². The molecule has 5 heteroatoms. The summed E-state index contributed by atoms with van der Waals surface area (Å²) >= 11 is 1.61. The van der Waals surface area contributed by atoms with Crippen molar-refractivity contribution in [1.82, 2.24) is 14.8 Å². The van der Waals surface area contributed by atoms with Crippen molar-refractivity contribution in [3.63, 3.8) is 0 Å². The van der Waals surface area contributed by atoms with E-state index in [1.165, 1.54) is 5.69 Å². The first kappa shape index (κ1) is 11.3. The second kappa shape index (κ2) is 4.35. The van der Waals surface area contributed by atoms with E-state index < -0.39 is 0 Å². The molecule has 0 aliphatic carbocycles. The van der Waals surface area contributed by atoms with Crippen LogP contribution in [0.15, 0.2) is 5.38 Å². The molecule has 0 bridgehead atoms. The maximum atomic E-state index is 5.58. The molecule has 0 aliphatic rings. The van der Waals surface area contributed by atoms with Crippen LogP contribution in [0.2, 0.25) is 0 Å². The Bertz CT molecular complexity index is 498. The Labute approximate surface area is 99.1 Å². The zero-order valence-electron chi connectivity index (χ0n) is 9.82. The van der Waals surface area contributed by atoms with Crippen molar-refractivity contribution in [2.75, 3.05) is 0 Å². The van der Waals surface area contributed by atoms with Crippen LogP contribution in [0.4, 0.5) is 0 Å². The van der Waals surface area contributed by atoms with Crippen LogP contribution < -0.4 is 5.73 Å². The first-order valence-corrected chi connectivity index (χ1v) is 6.24. The molecular weight excluding hydrogens is 220 g/mol. The Hall–Kier alpha value is -1.20. The van der Waals surface area contributed by atoms with Crippen LogP contribution in [-0.2, 0) is 13.1 Å². The van der Waals surface area contributed by atoms with Gasteiger partial charge in [-0.15, -0.1) is 11.3 Å². The number of nitrogens with two attached hydrogens (primary N) is 1. The monoisotopic (exact) mass is 236 g/mol. The second-order valence-corrected chi connectivity index (χ2v) is 4.63. The van der Waals surface area contributed by atoms with Crippen LogP contribution in [0.3, 0.4) is 0 Å². The molecule has 0 radical (unpaired) electrons. The molecular formula is C11H16N4S. The Morgan fingerprint density at radius 3 is 2.69 bits per heavy atom. The van der Waals surface area contributed by atoms with Crippen LogP contribution in [0.5, 0.6) is 0 Å². The average Bonchev–Trinajstić information content (AvgIpc) is 2.83. The zero-order chi connectivity index (χ0) is 11.7. The minimum atomic E-state index is 0.505. The lowest BCUT2D eigenvalue weighted by molar-refractivity contribution is 0.634. The molecule has 0 amide bonds. The lowest BCUT2D eigenvalue weighted by atomic mass is 10.1. The molecule has 16 heavy (non-hydrogen) atoms. The molecule has 0 atom stereocenters. The molecule has 0 saturated heterocycles. The third-order valence-corrected chi connectivity index (χ3v) is 3.53. The van der Waals surface area contributed by atoms with Crippen LogP contribution in [-0.4, -0.2) is 14.8 Å². The van der Waals surface area contributed by atoms with Gasteiger partial charge in [-0.1, -0.05) is 0 Å². The molecule has 2 N–H and O–H groups in total. The minimum Gasteiger partial charge on any atom is -0.325 e. The van der Waals surface area contributed by atoms with Gasteiger partial charge in [0, 0.05) is 29.7 Å². The molecule has 0 fully saturated rings. The summed E-state index contributed by atoms with van der Waals surface area (Å²) in [6.07, 6.45) is 0. The lowest BCUT2D eigenvalue weighted by Crippen LogP contribution is -1.98. The van der Waals surface area contributed by atoms with E-state index in [2.05, 4.69) is 29.3 Å². The van der Waals surface area contributed by atoms with E-state index in [0.29, 0.717) is 6.54 Å². The summed E-state index contributed by atoms with van der Waals surface area (Å²) in [4.78, 5) is 4.51. The number of nitrogens with zero attached hydrogens (tertiary/aromatic N) is 3. The predicted molar refractivity (Wildman–Crippen MR) is 66.4 cm³/mol. The molecule has 0 aliphatic heterocycles. The SMILES string of the molecule is CCn1nc(C)c(-c2csc(CN)n2)c1C. The second-order valence-electron chi connectivity index (χ2n) is 3.69. The van der Waals surface area contributed by atoms with Crippen molar-refractivity contribution >= 4 is 11.3 Å². The van der Waals surface area contributed by atoms with E-state index >= 15 is 0 Å². The van der Waals surface area contributed by atoms with Gasteiger partial charge in [-0.3, -0.25) is 4.68 Å². The fraction of sp³-hybridized carbons (Fsp3) is 0.455. The molecule has 0 spiro atoms. The molecule has 2 aromatic rings. The van der Waals surface area contributed by atoms with E-state index in [-0.39, 0.29) is 0 Å². The molecule has 0 aromatic carbocycles. The largest absolute Gasteiger partial charge is 0.325 e. The maximum absolute atomic E-state index is 5.58. The van der Waals surface area contributed by atoms with Crippen molar-refractivity contribution in [3.05, 3.63) is 21.8 Å². The van der Waals surface area contributed by atoms with Crippen molar-refractivity contribution in [2.45, 2.75) is 33.9 Å². The van der Waals surface area contributed by atoms with Crippen LogP contribution in [0.25, 0.3) is 11.3 Å². The van der Waals surface area contributed by atoms with Crippen LogP contribution >= 0.6 is 11.3 Å². The maximum Gasteiger partial charge on any atom is 0.107 e. The van der Waals surface area contributed by atoms with Gasteiger partial charge in [-0.25, -0.2) is 4.98 Å². The smallest absolute Gasteiger partial charge is 0.107 e. The first-order valence-electron chi connectivity index (χ1n) is 5.36. The van der Waals surface area contributed by atoms with E-state index in [1.54, 1.807) is 11.3 Å². The van der Waals surface area contributed by atoms with E-state index in [1.807, 2.05) is 11.6 Å². The number of hydrogen-bond acceptors (Lipinski definition) is 4. The van der Waals surface area contributed by atoms with Crippen molar-refractivity contribution in [1.29, 1.82) is 0 Å². The van der Waals surface area contributed by atoms with Gasteiger partial charge in [0.15, 0.2) is 0 Å². The van der Waals surface area contributed by atoms with Gasteiger partial charge < -0.3 is 5.73 Å². The lowest BCUT2D eigenvalue weighted by Gasteiger charge is -1.99. The normalized spacial score (nSPS) is 11.0. The Balaban J connectivity index is 2.50. The molecule has 86 valence electrons. The van der Waals surface area contributed by atoms with Crippen LogP contribution in [0.1, 0.15) is 23.3 Å². The Kier molecular flexibility index (Phi) is 3.07. The van der Waals surface area contributed by atoms with Gasteiger partial charge in [-0.2, -0.15) is 5.10 Å². The Morgan fingerprint density at radius 1 is 1.44 bits per heavy atom. The van der Waals surface area contributed by atoms with E-state index in [9.17, 15) is 0 Å². The highest BCUT2D eigenvalue weighted by Crippen LogP contribution is 2.27. The summed E-state index contributed by atoms with van der Waals surface area (Å²) in [5.41, 5.74) is 9.94. The molecule has 2 rings (SSSR count). The topological polar surface area (TPSA) is 56.7 Å². The third-order valence-electron chi connectivity index (χ3n) is 2.66. The summed E-state index contributed by atoms with van der Waals surface area (Å²) < 4.78 is 2.01. The highest BCUT2D eigenvalue weighted by Gasteiger charge is 2.14. The summed E-state index contributed by atoms with van der Waals surface area (Å²) in [6, 6.07) is 0. The first-order chi connectivity index (χ1) is 7.67. The average molecular weight is 236 g/mol. The van der Waals surface area contributed by atoms with Crippen LogP contribution in [0, 0.1) is 13.8 Å². The summed E-state index contributed by atoms with van der Waals surface area (Å²) in [7, 11) is 0. The zero-order valence-corrected chi connectivity index (χ0v) is 10.6. The number of rotatable bonds is 3. The van der Waals surface area contributed by atoms with Gasteiger partial charge in [0.05, 0.1) is 11.4 Å². The quantitative estimate of drug-likeness (QED) is 0.888. The van der Waals surface area contributed by atoms with Gasteiger partial charge in [0.25, 0.3) is 0 Å². The van der Waals surface area contributed by atoms with Crippen molar-refractivity contribution in [2.24, 2.45) is 5.73 Å². The minimum absolute atomic E-state index is 0.505. The van der Waals surface area contributed by atoms with E-state index in [0.717, 1.165) is 28.5 Å². The van der Waals surface area contributed by atoms with Crippen molar-refractivity contribution in [3.8, 4) is 11.3 Å². The van der Waals surface area contributed by atoms with Gasteiger partial charge >= 0.3 is 0 Å². The summed E-state index contributed by atoms with van der Waals surface area (Å²) in [6.45, 7) is 7.59. The van der Waals surface area contributed by atoms with Crippen molar-refractivity contribution < 1.29 is 0 Å². The van der Waals surface area contributed by atoms with E-state index in [4.69, 9.17) is 5.73 Å². The van der Waals surface area contributed by atoms with Gasteiger partial charge in [-0.05, 0) is 20.8 Å². The summed E-state index contributed by atoms with van der Waals surface area (Å²) in [5.74, 6) is 0. The highest BCUT2D eigenvalue weighted by atomic mass is 32.1. The fourth-order valence-electron chi connectivity index (χ4n) is 1.89. The number of thiazole rings is 1. The standard InChI is InChI=1S/C11H16N4S/c1-4-15-8(3)11(7(2)14-15)9-6-16-10(5-12)13-9/h6H,4-5,12H2,1-3H3. The molecule has 0 unspecified atom stereocenters. The number of hydrogen-bond donors (Lipinski definition) is 1. The third kappa shape index (κ3) is 1.76. The molecule has 4 nitrogen and oxygen atoms in total. The molecule has 2 aromatic heterocycles. The van der Waals surface area contributed by atoms with Gasteiger partial charge in [0.2, 0.25) is 0 Å². The molecule has 0 saturated carbocycles. The number of aromatic nitrogens is 3. The Morgan fingerprint density at radius 2 is 2.19 bits per heavy atom. The summed E-state index contributed by atoms with van der Waals surface area (Å²) in [5, 5.41) is 7.52. The fourth-order valence-corrected chi connectivity index (χ4v) is 2.56. The predicted octanol–water partition coefficient (Wildman–Crippen LogP) is 2.10.